The average Bonchev–Trinajstić information content (AvgIpc) is 3.71. The van der Waals surface area contributed by atoms with Crippen molar-refractivity contribution in [2.45, 2.75) is 90.0 Å². The molecule has 0 aliphatic carbocycles. The molecule has 2 unspecified atom stereocenters. The first-order chi connectivity index (χ1) is 28.9. The molecule has 0 aliphatic rings. The zero-order chi connectivity index (χ0) is 46.3. The van der Waals surface area contributed by atoms with E-state index in [2.05, 4.69) is 10.2 Å². The van der Waals surface area contributed by atoms with Crippen LogP contribution >= 0.6 is 0 Å². The number of rotatable bonds is 22. The molecule has 0 fully saturated rings. The predicted octanol–water partition coefficient (Wildman–Crippen LogP) is 4.95. The normalized spacial score (nSPS) is 12.9. The highest BCUT2D eigenvalue weighted by atomic mass is 32.2. The molecule has 0 aliphatic heterocycles. The predicted molar refractivity (Wildman–Crippen MR) is 223 cm³/mol. The van der Waals surface area contributed by atoms with E-state index >= 15 is 0 Å². The van der Waals surface area contributed by atoms with Crippen molar-refractivity contribution in [3.05, 3.63) is 70.0 Å². The molecule has 0 spiro atoms. The summed E-state index contributed by atoms with van der Waals surface area (Å²) in [6.07, 6.45) is 0.521. The van der Waals surface area contributed by atoms with Crippen molar-refractivity contribution in [2.24, 2.45) is 14.1 Å². The van der Waals surface area contributed by atoms with Crippen LogP contribution in [0.3, 0.4) is 0 Å². The summed E-state index contributed by atoms with van der Waals surface area (Å²) >= 11 is 0. The van der Waals surface area contributed by atoms with Crippen molar-refractivity contribution in [1.82, 2.24) is 19.6 Å². The van der Waals surface area contributed by atoms with E-state index in [1.807, 2.05) is 27.7 Å². The van der Waals surface area contributed by atoms with Crippen LogP contribution in [0.1, 0.15) is 84.5 Å². The highest BCUT2D eigenvalue weighted by molar-refractivity contribution is 7.91. The van der Waals surface area contributed by atoms with E-state index in [4.69, 9.17) is 37.9 Å². The zero-order valence-corrected chi connectivity index (χ0v) is 38.5. The van der Waals surface area contributed by atoms with Gasteiger partial charge >= 0.3 is 6.16 Å². The molecular weight excluding hydrogens is 853 g/mol. The maximum absolute atomic E-state index is 13.9. The third-order valence-corrected chi connectivity index (χ3v) is 11.2. The quantitative estimate of drug-likeness (QED) is 0.0440. The Balaban J connectivity index is 1.47. The zero-order valence-electron chi connectivity index (χ0n) is 36.8. The van der Waals surface area contributed by atoms with Crippen LogP contribution in [0, 0.1) is 13.8 Å². The number of aromatic nitrogens is 4. The maximum Gasteiger partial charge on any atom is 0.514 e. The van der Waals surface area contributed by atoms with Crippen LogP contribution in [-0.2, 0) is 52.7 Å². The van der Waals surface area contributed by atoms with E-state index in [9.17, 15) is 31.2 Å². The first-order valence-electron chi connectivity index (χ1n) is 19.4. The summed E-state index contributed by atoms with van der Waals surface area (Å²) in [7, 11) is -4.47. The van der Waals surface area contributed by atoms with Crippen molar-refractivity contribution >= 4 is 37.4 Å². The summed E-state index contributed by atoms with van der Waals surface area (Å²) in [4.78, 5) is 40.6. The lowest BCUT2D eigenvalue weighted by atomic mass is 10.00. The van der Waals surface area contributed by atoms with Gasteiger partial charge in [0, 0.05) is 62.7 Å². The SMILES string of the molecule is Cc1c(C(=O)c2cnn(C)c2OC(C)OC(=O)OC(C)Oc2c(C(=O)c3ccc(S(C)(=O)=O)c(OCCOC(C)C)c3C)cnn2C)ccc(S(C)(=O)=O)c1OCCOC(C)C. The lowest BCUT2D eigenvalue weighted by Crippen LogP contribution is -2.28. The van der Waals surface area contributed by atoms with Crippen LogP contribution in [0.25, 0.3) is 0 Å². The molecule has 2 aromatic carbocycles. The molecule has 0 saturated carbocycles. The smallest absolute Gasteiger partial charge is 0.490 e. The van der Waals surface area contributed by atoms with Crippen LogP contribution < -0.4 is 18.9 Å². The van der Waals surface area contributed by atoms with Gasteiger partial charge in [0.2, 0.25) is 24.3 Å². The fraction of sp³-hybridized carbons (Fsp3) is 0.488. The molecule has 4 aromatic rings. The van der Waals surface area contributed by atoms with Gasteiger partial charge in [0.15, 0.2) is 31.2 Å². The van der Waals surface area contributed by atoms with Crippen LogP contribution in [0.2, 0.25) is 0 Å². The van der Waals surface area contributed by atoms with Gasteiger partial charge in [-0.1, -0.05) is 0 Å². The maximum atomic E-state index is 13.9. The van der Waals surface area contributed by atoms with Crippen molar-refractivity contribution in [3.63, 3.8) is 0 Å². The third kappa shape index (κ3) is 12.3. The summed E-state index contributed by atoms with van der Waals surface area (Å²) in [6, 6.07) is 5.32. The fourth-order valence-corrected chi connectivity index (χ4v) is 7.75. The Labute approximate surface area is 361 Å². The standard InChI is InChI=1S/C41H54N4O15S2/c1-23(2)53-17-19-55-37-25(5)29(13-15-33(37)61(11,49)50)35(46)31-21-42-44(9)39(31)57-27(7)59-41(48)60-28(8)58-40-32(22-43-45(40)10)36(47)30-14-16-34(62(12,51)52)38(26(30)6)56-20-18-54-24(3)4/h13-16,21-24,27-28H,17-20H2,1-12H3. The van der Waals surface area contributed by atoms with Gasteiger partial charge in [-0.2, -0.15) is 10.2 Å². The Kier molecular flexibility index (Phi) is 16.3. The Morgan fingerprint density at radius 2 is 0.935 bits per heavy atom. The Hall–Kier alpha value is -5.51. The molecule has 19 nitrogen and oxygen atoms in total. The van der Waals surface area contributed by atoms with Crippen LogP contribution in [-0.4, -0.2) is 118 Å². The fourth-order valence-electron chi connectivity index (χ4n) is 6.02. The number of ether oxygens (including phenoxy) is 8. The number of sulfone groups is 2. The molecule has 21 heteroatoms. The van der Waals surface area contributed by atoms with E-state index in [1.54, 1.807) is 13.8 Å². The van der Waals surface area contributed by atoms with Crippen LogP contribution in [0.15, 0.2) is 46.5 Å². The second kappa shape index (κ2) is 20.6. The lowest BCUT2D eigenvalue weighted by Gasteiger charge is -2.20. The number of benzene rings is 2. The number of carbonyl (C=O) groups excluding carboxylic acids is 3. The van der Waals surface area contributed by atoms with E-state index in [1.165, 1.54) is 74.0 Å². The number of nitrogens with zero attached hydrogens (tertiary/aromatic N) is 4. The highest BCUT2D eigenvalue weighted by Gasteiger charge is 2.30. The summed E-state index contributed by atoms with van der Waals surface area (Å²) in [5.74, 6) is -1.28. The molecule has 2 aromatic heterocycles. The molecular formula is C41H54N4O15S2. The van der Waals surface area contributed by atoms with Gasteiger partial charge in [-0.05, 0) is 65.8 Å². The monoisotopic (exact) mass is 906 g/mol. The van der Waals surface area contributed by atoms with Crippen LogP contribution in [0.5, 0.6) is 23.3 Å². The van der Waals surface area contributed by atoms with Crippen molar-refractivity contribution in [3.8, 4) is 23.3 Å². The number of hydrogen-bond donors (Lipinski definition) is 0. The molecule has 62 heavy (non-hydrogen) atoms. The molecule has 0 radical (unpaired) electrons. The van der Waals surface area contributed by atoms with E-state index in [0.29, 0.717) is 0 Å². The summed E-state index contributed by atoms with van der Waals surface area (Å²) in [5.41, 5.74) is 0.711. The topological polar surface area (TPSA) is 229 Å². The van der Waals surface area contributed by atoms with Gasteiger partial charge in [0.1, 0.15) is 45.6 Å². The molecule has 2 heterocycles. The summed E-state index contributed by atoms with van der Waals surface area (Å²) in [5, 5.41) is 8.26. The Morgan fingerprint density at radius 3 is 1.26 bits per heavy atom. The van der Waals surface area contributed by atoms with Crippen molar-refractivity contribution in [1.29, 1.82) is 0 Å². The highest BCUT2D eigenvalue weighted by Crippen LogP contribution is 2.35. The van der Waals surface area contributed by atoms with Crippen molar-refractivity contribution in [2.75, 3.05) is 38.9 Å². The number of hydrogen-bond acceptors (Lipinski definition) is 17. The van der Waals surface area contributed by atoms with Crippen LogP contribution in [0.4, 0.5) is 4.79 Å². The summed E-state index contributed by atoms with van der Waals surface area (Å²) in [6.45, 7) is 13.7. The third-order valence-electron chi connectivity index (χ3n) is 8.93. The minimum atomic E-state index is -3.74. The second-order valence-corrected chi connectivity index (χ2v) is 18.7. The molecule has 340 valence electrons. The molecule has 2 atom stereocenters. The van der Waals surface area contributed by atoms with Gasteiger partial charge in [-0.3, -0.25) is 9.59 Å². The minimum Gasteiger partial charge on any atom is -0.490 e. The summed E-state index contributed by atoms with van der Waals surface area (Å²) < 4.78 is 97.8. The first-order valence-corrected chi connectivity index (χ1v) is 23.2. The van der Waals surface area contributed by atoms with E-state index in [-0.39, 0.29) is 105 Å². The first kappa shape index (κ1) is 49.1. The van der Waals surface area contributed by atoms with Crippen molar-refractivity contribution < 1.29 is 69.1 Å². The van der Waals surface area contributed by atoms with Gasteiger partial charge in [-0.25, -0.2) is 31.0 Å². The number of aryl methyl sites for hydroxylation is 2. The molecule has 0 amide bonds. The second-order valence-electron chi connectivity index (χ2n) is 14.7. The lowest BCUT2D eigenvalue weighted by molar-refractivity contribution is -0.0997. The molecule has 0 N–H and O–H groups in total. The van der Waals surface area contributed by atoms with Gasteiger partial charge in [-0.15, -0.1) is 0 Å². The molecule has 0 bridgehead atoms. The number of carbonyl (C=O) groups is 3. The molecule has 4 rings (SSSR count). The largest absolute Gasteiger partial charge is 0.514 e. The average molecular weight is 907 g/mol. The van der Waals surface area contributed by atoms with Gasteiger partial charge < -0.3 is 37.9 Å². The van der Waals surface area contributed by atoms with Gasteiger partial charge in [0.05, 0.1) is 37.8 Å². The van der Waals surface area contributed by atoms with E-state index < -0.39 is 50.0 Å². The number of ketones is 2. The van der Waals surface area contributed by atoms with Gasteiger partial charge in [0.25, 0.3) is 0 Å². The Morgan fingerprint density at radius 1 is 0.581 bits per heavy atom. The molecule has 0 saturated heterocycles. The van der Waals surface area contributed by atoms with E-state index in [0.717, 1.165) is 12.5 Å². The Bertz CT molecular complexity index is 2320. The minimum absolute atomic E-state index is 0.0105.